The van der Waals surface area contributed by atoms with E-state index in [1.165, 1.54) is 18.0 Å². The molecule has 3 rings (SSSR count). The highest BCUT2D eigenvalue weighted by molar-refractivity contribution is 7.98. The lowest BCUT2D eigenvalue weighted by molar-refractivity contribution is -0.386. The van der Waals surface area contributed by atoms with Crippen LogP contribution in [0.2, 0.25) is 0 Å². The van der Waals surface area contributed by atoms with E-state index in [9.17, 15) is 18.9 Å². The number of hydrogen-bond acceptors (Lipinski definition) is 8. The molecule has 0 aliphatic carbocycles. The van der Waals surface area contributed by atoms with Crippen LogP contribution in [0.15, 0.2) is 28.5 Å². The second kappa shape index (κ2) is 9.20. The molecule has 1 aromatic carbocycles. The second-order valence-electron chi connectivity index (χ2n) is 6.41. The molecule has 0 aliphatic heterocycles. The second-order valence-corrected chi connectivity index (χ2v) is 7.18. The summed E-state index contributed by atoms with van der Waals surface area (Å²) < 4.78 is 34.2. The van der Waals surface area contributed by atoms with Crippen LogP contribution in [0.1, 0.15) is 34.8 Å². The third kappa shape index (κ3) is 4.55. The highest BCUT2D eigenvalue weighted by atomic mass is 32.2. The van der Waals surface area contributed by atoms with Crippen LogP contribution >= 0.6 is 11.8 Å². The van der Waals surface area contributed by atoms with Crippen molar-refractivity contribution in [2.75, 3.05) is 13.4 Å². The Morgan fingerprint density at radius 2 is 2.10 bits per heavy atom. The summed E-state index contributed by atoms with van der Waals surface area (Å²) in [4.78, 5) is 10.8. The van der Waals surface area contributed by atoms with E-state index < -0.39 is 17.2 Å². The molecule has 13 heteroatoms. The Kier molecular flexibility index (Phi) is 6.63. The molecular formula is C18H19F2N7O3S. The van der Waals surface area contributed by atoms with Crippen molar-refractivity contribution in [3.63, 3.8) is 0 Å². The molecule has 164 valence electrons. The third-order valence-electron chi connectivity index (χ3n) is 4.49. The summed E-state index contributed by atoms with van der Waals surface area (Å²) in [5.74, 6) is -0.000915. The molecule has 0 amide bonds. The van der Waals surface area contributed by atoms with Gasteiger partial charge in [-0.2, -0.15) is 14.9 Å². The number of benzene rings is 1. The number of ether oxygens (including phenoxy) is 1. The van der Waals surface area contributed by atoms with Crippen molar-refractivity contribution >= 4 is 23.7 Å². The fraction of sp³-hybridized carbons (Fsp3) is 0.333. The molecule has 2 heterocycles. The van der Waals surface area contributed by atoms with Crippen molar-refractivity contribution in [2.45, 2.75) is 32.0 Å². The molecule has 0 fully saturated rings. The Morgan fingerprint density at radius 3 is 2.68 bits per heavy atom. The topological polar surface area (TPSA) is 113 Å². The van der Waals surface area contributed by atoms with Crippen LogP contribution in [0.5, 0.6) is 5.75 Å². The number of rotatable bonds is 8. The van der Waals surface area contributed by atoms with Gasteiger partial charge in [-0.15, -0.1) is 10.2 Å². The number of alkyl halides is 2. The van der Waals surface area contributed by atoms with Gasteiger partial charge in [-0.1, -0.05) is 11.8 Å². The van der Waals surface area contributed by atoms with Crippen LogP contribution in [0.4, 0.5) is 14.5 Å². The Balaban J connectivity index is 1.96. The smallest absolute Gasteiger partial charge is 0.312 e. The molecule has 10 nitrogen and oxygen atoms in total. The molecule has 0 aliphatic rings. The molecule has 2 aromatic heterocycles. The van der Waals surface area contributed by atoms with Gasteiger partial charge in [0.05, 0.1) is 24.8 Å². The predicted molar refractivity (Wildman–Crippen MR) is 110 cm³/mol. The SMILES string of the molecule is COc1ccc(/C=N\n2c(SC)nnc2C(F)F)cc1Cn1nc(C)c([N+](=O)[O-])c1C. The van der Waals surface area contributed by atoms with Crippen molar-refractivity contribution in [3.05, 3.63) is 56.7 Å². The number of thioether (sulfide) groups is 1. The first kappa shape index (κ1) is 22.3. The molecule has 0 unspecified atom stereocenters. The maximum atomic E-state index is 13.2. The normalized spacial score (nSPS) is 11.6. The van der Waals surface area contributed by atoms with Crippen LogP contribution < -0.4 is 4.74 Å². The summed E-state index contributed by atoms with van der Waals surface area (Å²) in [6, 6.07) is 5.16. The highest BCUT2D eigenvalue weighted by Gasteiger charge is 2.22. The van der Waals surface area contributed by atoms with Crippen LogP contribution in [0.3, 0.4) is 0 Å². The number of nitrogens with zero attached hydrogens (tertiary/aromatic N) is 7. The van der Waals surface area contributed by atoms with Gasteiger partial charge in [0.1, 0.15) is 17.1 Å². The van der Waals surface area contributed by atoms with E-state index in [1.54, 1.807) is 38.3 Å². The molecular weight excluding hydrogens is 432 g/mol. The largest absolute Gasteiger partial charge is 0.496 e. The summed E-state index contributed by atoms with van der Waals surface area (Å²) in [5, 5.41) is 27.0. The first-order valence-corrected chi connectivity index (χ1v) is 10.2. The lowest BCUT2D eigenvalue weighted by Gasteiger charge is -2.10. The van der Waals surface area contributed by atoms with E-state index in [0.717, 1.165) is 16.4 Å². The van der Waals surface area contributed by atoms with Crippen molar-refractivity contribution in [1.29, 1.82) is 0 Å². The fourth-order valence-corrected chi connectivity index (χ4v) is 3.48. The van der Waals surface area contributed by atoms with Gasteiger partial charge in [0.2, 0.25) is 11.0 Å². The van der Waals surface area contributed by atoms with Gasteiger partial charge in [0.25, 0.3) is 6.43 Å². The Hall–Kier alpha value is -3.35. The predicted octanol–water partition coefficient (Wildman–Crippen LogP) is 3.60. The van der Waals surface area contributed by atoms with Crippen molar-refractivity contribution in [1.82, 2.24) is 24.7 Å². The quantitative estimate of drug-likeness (QED) is 0.222. The average Bonchev–Trinajstić information content (AvgIpc) is 3.26. The van der Waals surface area contributed by atoms with Gasteiger partial charge in [-0.3, -0.25) is 14.8 Å². The minimum atomic E-state index is -2.82. The lowest BCUT2D eigenvalue weighted by Crippen LogP contribution is -2.07. The molecule has 0 saturated heterocycles. The monoisotopic (exact) mass is 451 g/mol. The summed E-state index contributed by atoms with van der Waals surface area (Å²) >= 11 is 1.14. The summed E-state index contributed by atoms with van der Waals surface area (Å²) in [6.07, 6.45) is 0.269. The van der Waals surface area contributed by atoms with Crippen LogP contribution in [-0.4, -0.2) is 49.2 Å². The van der Waals surface area contributed by atoms with Crippen LogP contribution in [0.25, 0.3) is 0 Å². The molecule has 0 saturated carbocycles. The number of aryl methyl sites for hydroxylation is 1. The zero-order chi connectivity index (χ0) is 22.7. The van der Waals surface area contributed by atoms with E-state index in [2.05, 4.69) is 20.4 Å². The van der Waals surface area contributed by atoms with Gasteiger partial charge in [-0.05, 0) is 43.9 Å². The summed E-state index contributed by atoms with van der Waals surface area (Å²) in [5.41, 5.74) is 1.99. The van der Waals surface area contributed by atoms with E-state index in [4.69, 9.17) is 4.74 Å². The zero-order valence-corrected chi connectivity index (χ0v) is 17.9. The third-order valence-corrected chi connectivity index (χ3v) is 5.11. The van der Waals surface area contributed by atoms with Gasteiger partial charge in [0.15, 0.2) is 0 Å². The van der Waals surface area contributed by atoms with Crippen LogP contribution in [0, 0.1) is 24.0 Å². The number of nitro groups is 1. The molecule has 0 bridgehead atoms. The minimum Gasteiger partial charge on any atom is -0.496 e. The summed E-state index contributed by atoms with van der Waals surface area (Å²) in [7, 11) is 1.51. The van der Waals surface area contributed by atoms with Gasteiger partial charge in [0, 0.05) is 5.56 Å². The Labute approximate surface area is 180 Å². The van der Waals surface area contributed by atoms with E-state index in [0.29, 0.717) is 28.3 Å². The first-order valence-electron chi connectivity index (χ1n) is 8.93. The van der Waals surface area contributed by atoms with E-state index in [1.807, 2.05) is 0 Å². The number of methoxy groups -OCH3 is 1. The molecule has 0 spiro atoms. The van der Waals surface area contributed by atoms with Gasteiger partial charge >= 0.3 is 5.69 Å². The molecule has 0 N–H and O–H groups in total. The molecule has 0 radical (unpaired) electrons. The Morgan fingerprint density at radius 1 is 1.35 bits per heavy atom. The average molecular weight is 451 g/mol. The van der Waals surface area contributed by atoms with Crippen molar-refractivity contribution in [2.24, 2.45) is 5.10 Å². The zero-order valence-electron chi connectivity index (χ0n) is 17.1. The number of halogens is 2. The van der Waals surface area contributed by atoms with Crippen LogP contribution in [-0.2, 0) is 6.54 Å². The highest BCUT2D eigenvalue weighted by Crippen LogP contribution is 2.26. The maximum Gasteiger partial charge on any atom is 0.312 e. The van der Waals surface area contributed by atoms with E-state index >= 15 is 0 Å². The molecule has 0 atom stereocenters. The summed E-state index contributed by atoms with van der Waals surface area (Å²) in [6.45, 7) is 3.42. The van der Waals surface area contributed by atoms with Crippen molar-refractivity contribution in [3.8, 4) is 5.75 Å². The lowest BCUT2D eigenvalue weighted by atomic mass is 10.1. The van der Waals surface area contributed by atoms with E-state index in [-0.39, 0.29) is 17.4 Å². The standard InChI is InChI=1S/C18H19F2N7O3S/c1-10-15(27(28)29)11(2)25(24-10)9-13-7-12(5-6-14(13)30-3)8-21-26-17(16(19)20)22-23-18(26)31-4/h5-8,16H,9H2,1-4H3/b21-8-. The molecule has 31 heavy (non-hydrogen) atoms. The van der Waals surface area contributed by atoms with Gasteiger partial charge in [-0.25, -0.2) is 8.78 Å². The number of aromatic nitrogens is 5. The number of hydrogen-bond donors (Lipinski definition) is 0. The minimum absolute atomic E-state index is 0.0339. The maximum absolute atomic E-state index is 13.2. The van der Waals surface area contributed by atoms with Crippen molar-refractivity contribution < 1.29 is 18.4 Å². The first-order chi connectivity index (χ1) is 14.8. The molecule has 3 aromatic rings. The Bertz CT molecular complexity index is 1140. The fourth-order valence-electron chi connectivity index (χ4n) is 3.04. The van der Waals surface area contributed by atoms with Gasteiger partial charge < -0.3 is 4.74 Å².